The standard InChI is InChI=1S/C29H24BrClN6O2/c1-18(38)35-22-9-5-8-21(13-22)29(39)33-16-20-7-4-6-19(12-20)15-32-27-14-26(23-10-2-3-11-25(23)31)36-28-24(30)17-34-37(27)28/h2-14,17,32H,15-16H2,1H3,(H,33,39)(H,35,38). The van der Waals surface area contributed by atoms with E-state index in [-0.39, 0.29) is 11.8 Å². The van der Waals surface area contributed by atoms with Crippen molar-refractivity contribution in [1.29, 1.82) is 0 Å². The first kappa shape index (κ1) is 26.4. The van der Waals surface area contributed by atoms with E-state index < -0.39 is 0 Å². The van der Waals surface area contributed by atoms with Crippen molar-refractivity contribution in [3.05, 3.63) is 111 Å². The van der Waals surface area contributed by atoms with Crippen molar-refractivity contribution in [1.82, 2.24) is 19.9 Å². The van der Waals surface area contributed by atoms with Gasteiger partial charge in [-0.2, -0.15) is 9.61 Å². The maximum Gasteiger partial charge on any atom is 0.251 e. The fourth-order valence-electron chi connectivity index (χ4n) is 4.14. The zero-order valence-electron chi connectivity index (χ0n) is 20.9. The molecule has 5 aromatic rings. The zero-order chi connectivity index (χ0) is 27.4. The van der Waals surface area contributed by atoms with E-state index in [1.807, 2.05) is 54.6 Å². The van der Waals surface area contributed by atoms with Crippen LogP contribution < -0.4 is 16.0 Å². The predicted molar refractivity (Wildman–Crippen MR) is 157 cm³/mol. The minimum atomic E-state index is -0.221. The van der Waals surface area contributed by atoms with Gasteiger partial charge in [0, 0.05) is 47.9 Å². The van der Waals surface area contributed by atoms with E-state index in [0.29, 0.717) is 35.0 Å². The molecule has 3 N–H and O–H groups in total. The molecule has 0 fully saturated rings. The molecule has 0 spiro atoms. The molecule has 5 rings (SSSR count). The average Bonchev–Trinajstić information content (AvgIpc) is 3.31. The van der Waals surface area contributed by atoms with E-state index in [4.69, 9.17) is 16.6 Å². The van der Waals surface area contributed by atoms with Crippen molar-refractivity contribution >= 4 is 56.5 Å². The second kappa shape index (κ2) is 11.7. The summed E-state index contributed by atoms with van der Waals surface area (Å²) in [6.07, 6.45) is 1.71. The van der Waals surface area contributed by atoms with Gasteiger partial charge in [-0.3, -0.25) is 9.59 Å². The van der Waals surface area contributed by atoms with Gasteiger partial charge < -0.3 is 16.0 Å². The van der Waals surface area contributed by atoms with Crippen LogP contribution in [0.1, 0.15) is 28.4 Å². The number of anilines is 2. The number of nitrogens with zero attached hydrogens (tertiary/aromatic N) is 3. The molecule has 8 nitrogen and oxygen atoms in total. The Hall–Kier alpha value is -4.21. The highest BCUT2D eigenvalue weighted by Gasteiger charge is 2.13. The molecule has 2 aromatic heterocycles. The molecule has 0 aliphatic rings. The summed E-state index contributed by atoms with van der Waals surface area (Å²) in [7, 11) is 0. The van der Waals surface area contributed by atoms with Crippen molar-refractivity contribution in [2.45, 2.75) is 20.0 Å². The lowest BCUT2D eigenvalue weighted by Gasteiger charge is -2.13. The summed E-state index contributed by atoms with van der Waals surface area (Å²) in [4.78, 5) is 28.7. The van der Waals surface area contributed by atoms with Gasteiger partial charge in [-0.05, 0) is 51.3 Å². The van der Waals surface area contributed by atoms with Gasteiger partial charge in [0.05, 0.1) is 16.4 Å². The third-order valence-corrected chi connectivity index (χ3v) is 6.83. The van der Waals surface area contributed by atoms with Crippen LogP contribution in [0.25, 0.3) is 16.9 Å². The molecule has 0 bridgehead atoms. The van der Waals surface area contributed by atoms with Gasteiger partial charge in [-0.15, -0.1) is 0 Å². The maximum atomic E-state index is 12.7. The maximum absolute atomic E-state index is 12.7. The number of hydrogen-bond donors (Lipinski definition) is 3. The SMILES string of the molecule is CC(=O)Nc1cccc(C(=O)NCc2cccc(CNc3cc(-c4ccccc4Cl)nc4c(Br)cnn34)c2)c1. The van der Waals surface area contributed by atoms with Gasteiger partial charge >= 0.3 is 0 Å². The predicted octanol–water partition coefficient (Wildman–Crippen LogP) is 6.31. The Labute approximate surface area is 238 Å². The molecule has 3 aromatic carbocycles. The monoisotopic (exact) mass is 602 g/mol. The van der Waals surface area contributed by atoms with E-state index in [1.54, 1.807) is 35.0 Å². The quantitative estimate of drug-likeness (QED) is 0.193. The highest BCUT2D eigenvalue weighted by atomic mass is 79.9. The molecule has 0 aliphatic heterocycles. The lowest BCUT2D eigenvalue weighted by molar-refractivity contribution is -0.114. The molecule has 0 unspecified atom stereocenters. The Kier molecular flexibility index (Phi) is 7.90. The second-order valence-electron chi connectivity index (χ2n) is 8.85. The molecule has 2 heterocycles. The summed E-state index contributed by atoms with van der Waals surface area (Å²) in [5.74, 6) is 0.352. The summed E-state index contributed by atoms with van der Waals surface area (Å²) in [5, 5.41) is 14.2. The van der Waals surface area contributed by atoms with Crippen LogP contribution in [-0.4, -0.2) is 26.4 Å². The molecular formula is C29H24BrClN6O2. The summed E-state index contributed by atoms with van der Waals surface area (Å²) < 4.78 is 2.52. The number of halogens is 2. The Morgan fingerprint density at radius 1 is 0.949 bits per heavy atom. The van der Waals surface area contributed by atoms with E-state index in [9.17, 15) is 9.59 Å². The molecule has 0 saturated heterocycles. The normalized spacial score (nSPS) is 10.8. The minimum Gasteiger partial charge on any atom is -0.366 e. The highest BCUT2D eigenvalue weighted by molar-refractivity contribution is 9.10. The van der Waals surface area contributed by atoms with Crippen molar-refractivity contribution < 1.29 is 9.59 Å². The number of benzene rings is 3. The number of carbonyl (C=O) groups excluding carboxylic acids is 2. The third-order valence-electron chi connectivity index (χ3n) is 5.94. The molecule has 0 radical (unpaired) electrons. The number of carbonyl (C=O) groups is 2. The van der Waals surface area contributed by atoms with Gasteiger partial charge in [0.2, 0.25) is 5.91 Å². The Morgan fingerprint density at radius 2 is 1.72 bits per heavy atom. The van der Waals surface area contributed by atoms with Crippen LogP contribution in [0.2, 0.25) is 5.02 Å². The van der Waals surface area contributed by atoms with Crippen molar-refractivity contribution in [3.63, 3.8) is 0 Å². The summed E-state index contributed by atoms with van der Waals surface area (Å²) in [6.45, 7) is 2.32. The van der Waals surface area contributed by atoms with Gasteiger partial charge in [-0.1, -0.05) is 60.1 Å². The molecule has 39 heavy (non-hydrogen) atoms. The largest absolute Gasteiger partial charge is 0.366 e. The molecule has 2 amide bonds. The van der Waals surface area contributed by atoms with E-state index >= 15 is 0 Å². The number of hydrogen-bond acceptors (Lipinski definition) is 5. The molecular weight excluding hydrogens is 580 g/mol. The lowest BCUT2D eigenvalue weighted by Crippen LogP contribution is -2.23. The van der Waals surface area contributed by atoms with E-state index in [0.717, 1.165) is 32.7 Å². The number of fused-ring (bicyclic) bond motifs is 1. The lowest BCUT2D eigenvalue weighted by atomic mass is 10.1. The highest BCUT2D eigenvalue weighted by Crippen LogP contribution is 2.30. The van der Waals surface area contributed by atoms with Crippen LogP contribution in [-0.2, 0) is 17.9 Å². The molecule has 0 saturated carbocycles. The Balaban J connectivity index is 1.29. The van der Waals surface area contributed by atoms with Crippen LogP contribution in [0, 0.1) is 0 Å². The van der Waals surface area contributed by atoms with Crippen LogP contribution >= 0.6 is 27.5 Å². The third kappa shape index (κ3) is 6.27. The average molecular weight is 604 g/mol. The number of amides is 2. The molecule has 10 heteroatoms. The second-order valence-corrected chi connectivity index (χ2v) is 10.1. The smallest absolute Gasteiger partial charge is 0.251 e. The number of aromatic nitrogens is 3. The van der Waals surface area contributed by atoms with E-state index in [2.05, 4.69) is 37.0 Å². The van der Waals surface area contributed by atoms with Gasteiger partial charge in [-0.25, -0.2) is 4.98 Å². The topological polar surface area (TPSA) is 100 Å². The number of rotatable bonds is 8. The molecule has 0 aliphatic carbocycles. The molecule has 196 valence electrons. The first-order valence-electron chi connectivity index (χ1n) is 12.1. The fourth-order valence-corrected chi connectivity index (χ4v) is 4.72. The van der Waals surface area contributed by atoms with Gasteiger partial charge in [0.25, 0.3) is 5.91 Å². The van der Waals surface area contributed by atoms with Gasteiger partial charge in [0.15, 0.2) is 5.65 Å². The van der Waals surface area contributed by atoms with Crippen LogP contribution in [0.15, 0.2) is 89.5 Å². The Bertz CT molecular complexity index is 1690. The first-order valence-corrected chi connectivity index (χ1v) is 13.3. The number of nitrogens with one attached hydrogen (secondary N) is 3. The van der Waals surface area contributed by atoms with E-state index in [1.165, 1.54) is 6.92 Å². The van der Waals surface area contributed by atoms with Crippen LogP contribution in [0.5, 0.6) is 0 Å². The first-order chi connectivity index (χ1) is 18.9. The van der Waals surface area contributed by atoms with Crippen molar-refractivity contribution in [2.24, 2.45) is 0 Å². The van der Waals surface area contributed by atoms with Crippen LogP contribution in [0.4, 0.5) is 11.5 Å². The van der Waals surface area contributed by atoms with Crippen molar-refractivity contribution in [3.8, 4) is 11.3 Å². The minimum absolute atomic E-state index is 0.189. The Morgan fingerprint density at radius 3 is 2.51 bits per heavy atom. The van der Waals surface area contributed by atoms with Crippen LogP contribution in [0.3, 0.4) is 0 Å². The summed E-state index contributed by atoms with van der Waals surface area (Å²) in [6, 6.07) is 24.3. The zero-order valence-corrected chi connectivity index (χ0v) is 23.3. The summed E-state index contributed by atoms with van der Waals surface area (Å²) in [5.41, 5.74) is 5.28. The van der Waals surface area contributed by atoms with Gasteiger partial charge in [0.1, 0.15) is 5.82 Å². The molecule has 0 atom stereocenters. The summed E-state index contributed by atoms with van der Waals surface area (Å²) >= 11 is 9.98. The van der Waals surface area contributed by atoms with Crippen molar-refractivity contribution in [2.75, 3.05) is 10.6 Å². The fraction of sp³-hybridized carbons (Fsp3) is 0.103.